The SMILES string of the molecule is Cc1ccc(F)cc1CN1CCC(C)C1CBr. The molecule has 0 amide bonds. The predicted molar refractivity (Wildman–Crippen MR) is 72.9 cm³/mol. The van der Waals surface area contributed by atoms with Crippen LogP contribution in [0.15, 0.2) is 18.2 Å². The van der Waals surface area contributed by atoms with Gasteiger partial charge >= 0.3 is 0 Å². The minimum atomic E-state index is -0.131. The maximum Gasteiger partial charge on any atom is 0.123 e. The van der Waals surface area contributed by atoms with Crippen molar-refractivity contribution in [2.75, 3.05) is 11.9 Å². The molecule has 1 fully saturated rings. The monoisotopic (exact) mass is 299 g/mol. The molecule has 1 aliphatic heterocycles. The molecule has 0 spiro atoms. The van der Waals surface area contributed by atoms with E-state index in [1.54, 1.807) is 6.07 Å². The van der Waals surface area contributed by atoms with Crippen molar-refractivity contribution in [3.63, 3.8) is 0 Å². The van der Waals surface area contributed by atoms with Crippen molar-refractivity contribution in [1.29, 1.82) is 0 Å². The zero-order chi connectivity index (χ0) is 12.4. The summed E-state index contributed by atoms with van der Waals surface area (Å²) in [6, 6.07) is 5.65. The standard InChI is InChI=1S/C14H19BrFN/c1-10-3-4-13(16)7-12(10)9-17-6-5-11(2)14(17)8-15/h3-4,7,11,14H,5-6,8-9H2,1-2H3. The van der Waals surface area contributed by atoms with Crippen molar-refractivity contribution in [2.45, 2.75) is 32.9 Å². The normalized spacial score (nSPS) is 25.4. The lowest BCUT2D eigenvalue weighted by atomic mass is 10.0. The van der Waals surface area contributed by atoms with Crippen LogP contribution in [0.2, 0.25) is 0 Å². The number of rotatable bonds is 3. The van der Waals surface area contributed by atoms with Gasteiger partial charge in [0, 0.05) is 17.9 Å². The quantitative estimate of drug-likeness (QED) is 0.769. The van der Waals surface area contributed by atoms with E-state index in [0.717, 1.165) is 29.9 Å². The maximum atomic E-state index is 13.2. The molecule has 2 unspecified atom stereocenters. The van der Waals surface area contributed by atoms with E-state index in [1.165, 1.54) is 18.1 Å². The van der Waals surface area contributed by atoms with Crippen molar-refractivity contribution in [1.82, 2.24) is 4.90 Å². The second-order valence-electron chi connectivity index (χ2n) is 5.03. The number of hydrogen-bond donors (Lipinski definition) is 0. The molecule has 0 bridgehead atoms. The fourth-order valence-electron chi connectivity index (χ4n) is 2.56. The van der Waals surface area contributed by atoms with Crippen molar-refractivity contribution >= 4 is 15.9 Å². The molecule has 94 valence electrons. The first kappa shape index (κ1) is 13.0. The second-order valence-corrected chi connectivity index (χ2v) is 5.68. The van der Waals surface area contributed by atoms with E-state index in [9.17, 15) is 4.39 Å². The molecule has 1 aliphatic rings. The van der Waals surface area contributed by atoms with Gasteiger partial charge < -0.3 is 0 Å². The molecular formula is C14H19BrFN. The van der Waals surface area contributed by atoms with Crippen LogP contribution >= 0.6 is 15.9 Å². The maximum absolute atomic E-state index is 13.2. The first-order valence-electron chi connectivity index (χ1n) is 6.17. The third-order valence-electron chi connectivity index (χ3n) is 3.84. The van der Waals surface area contributed by atoms with Crippen molar-refractivity contribution in [3.05, 3.63) is 35.1 Å². The van der Waals surface area contributed by atoms with E-state index in [0.29, 0.717) is 6.04 Å². The molecule has 1 heterocycles. The van der Waals surface area contributed by atoms with Gasteiger partial charge in [-0.1, -0.05) is 28.9 Å². The highest BCUT2D eigenvalue weighted by Gasteiger charge is 2.30. The van der Waals surface area contributed by atoms with Crippen molar-refractivity contribution < 1.29 is 4.39 Å². The first-order chi connectivity index (χ1) is 8.11. The highest BCUT2D eigenvalue weighted by Crippen LogP contribution is 2.27. The number of hydrogen-bond acceptors (Lipinski definition) is 1. The van der Waals surface area contributed by atoms with Gasteiger partial charge in [0.05, 0.1) is 0 Å². The summed E-state index contributed by atoms with van der Waals surface area (Å²) in [7, 11) is 0. The number of benzene rings is 1. The van der Waals surface area contributed by atoms with Gasteiger partial charge in [0.25, 0.3) is 0 Å². The Labute approximate surface area is 111 Å². The van der Waals surface area contributed by atoms with Crippen molar-refractivity contribution in [3.8, 4) is 0 Å². The minimum Gasteiger partial charge on any atom is -0.295 e. The summed E-state index contributed by atoms with van der Waals surface area (Å²) >= 11 is 3.59. The van der Waals surface area contributed by atoms with Crippen LogP contribution in [0.4, 0.5) is 4.39 Å². The third kappa shape index (κ3) is 2.89. The Morgan fingerprint density at radius 3 is 2.94 bits per heavy atom. The summed E-state index contributed by atoms with van der Waals surface area (Å²) in [4.78, 5) is 2.46. The van der Waals surface area contributed by atoms with Crippen LogP contribution in [-0.4, -0.2) is 22.8 Å². The van der Waals surface area contributed by atoms with Crippen LogP contribution in [0.1, 0.15) is 24.5 Å². The molecule has 0 N–H and O–H groups in total. The van der Waals surface area contributed by atoms with Gasteiger partial charge in [0.15, 0.2) is 0 Å². The minimum absolute atomic E-state index is 0.131. The van der Waals surface area contributed by atoms with Crippen LogP contribution < -0.4 is 0 Å². The number of halogens is 2. The summed E-state index contributed by atoms with van der Waals surface area (Å²) in [5.74, 6) is 0.594. The van der Waals surface area contributed by atoms with Gasteiger partial charge in [0.1, 0.15) is 5.82 Å². The van der Waals surface area contributed by atoms with Gasteiger partial charge in [-0.2, -0.15) is 0 Å². The Kier molecular flexibility index (Phi) is 4.21. The summed E-state index contributed by atoms with van der Waals surface area (Å²) < 4.78 is 13.2. The van der Waals surface area contributed by atoms with Crippen LogP contribution in [-0.2, 0) is 6.54 Å². The lowest BCUT2D eigenvalue weighted by Crippen LogP contribution is -2.33. The zero-order valence-electron chi connectivity index (χ0n) is 10.4. The fourth-order valence-corrected chi connectivity index (χ4v) is 3.61. The largest absolute Gasteiger partial charge is 0.295 e. The molecule has 2 rings (SSSR count). The Morgan fingerprint density at radius 1 is 1.47 bits per heavy atom. The third-order valence-corrected chi connectivity index (χ3v) is 4.50. The van der Waals surface area contributed by atoms with Crippen LogP contribution in [0.25, 0.3) is 0 Å². The molecule has 0 aromatic heterocycles. The molecular weight excluding hydrogens is 281 g/mol. The van der Waals surface area contributed by atoms with Crippen LogP contribution in [0, 0.1) is 18.7 Å². The summed E-state index contributed by atoms with van der Waals surface area (Å²) in [6.07, 6.45) is 1.24. The number of likely N-dealkylation sites (tertiary alicyclic amines) is 1. The molecule has 2 atom stereocenters. The van der Waals surface area contributed by atoms with Gasteiger partial charge in [-0.05, 0) is 49.1 Å². The zero-order valence-corrected chi connectivity index (χ0v) is 12.0. The number of aryl methyl sites for hydroxylation is 1. The van der Waals surface area contributed by atoms with Gasteiger partial charge in [-0.3, -0.25) is 4.90 Å². The molecule has 1 saturated heterocycles. The van der Waals surface area contributed by atoms with Gasteiger partial charge in [0.2, 0.25) is 0 Å². The lowest BCUT2D eigenvalue weighted by Gasteiger charge is -2.25. The smallest absolute Gasteiger partial charge is 0.123 e. The molecule has 0 saturated carbocycles. The summed E-state index contributed by atoms with van der Waals surface area (Å²) in [6.45, 7) is 6.33. The molecule has 17 heavy (non-hydrogen) atoms. The average Bonchev–Trinajstić information content (AvgIpc) is 2.64. The predicted octanol–water partition coefficient (Wildman–Crippen LogP) is 3.74. The molecule has 1 aromatic carbocycles. The molecule has 3 heteroatoms. The topological polar surface area (TPSA) is 3.24 Å². The van der Waals surface area contributed by atoms with Crippen molar-refractivity contribution in [2.24, 2.45) is 5.92 Å². The fraction of sp³-hybridized carbons (Fsp3) is 0.571. The van der Waals surface area contributed by atoms with E-state index in [-0.39, 0.29) is 5.82 Å². The first-order valence-corrected chi connectivity index (χ1v) is 7.29. The molecule has 0 aliphatic carbocycles. The van der Waals surface area contributed by atoms with Gasteiger partial charge in [-0.15, -0.1) is 0 Å². The lowest BCUT2D eigenvalue weighted by molar-refractivity contribution is 0.243. The molecule has 1 nitrogen and oxygen atoms in total. The summed E-state index contributed by atoms with van der Waals surface area (Å²) in [5.41, 5.74) is 2.30. The Bertz CT molecular complexity index is 394. The Balaban J connectivity index is 2.12. The highest BCUT2D eigenvalue weighted by atomic mass is 79.9. The van der Waals surface area contributed by atoms with E-state index < -0.39 is 0 Å². The number of nitrogens with zero attached hydrogens (tertiary/aromatic N) is 1. The summed E-state index contributed by atoms with van der Waals surface area (Å²) in [5, 5.41) is 1.00. The second kappa shape index (κ2) is 5.49. The average molecular weight is 300 g/mol. The van der Waals surface area contributed by atoms with Gasteiger partial charge in [-0.25, -0.2) is 4.39 Å². The van der Waals surface area contributed by atoms with E-state index in [4.69, 9.17) is 0 Å². The van der Waals surface area contributed by atoms with E-state index >= 15 is 0 Å². The van der Waals surface area contributed by atoms with Crippen LogP contribution in [0.5, 0.6) is 0 Å². The Hall–Kier alpha value is -0.410. The Morgan fingerprint density at radius 2 is 2.24 bits per heavy atom. The van der Waals surface area contributed by atoms with E-state index in [1.807, 2.05) is 6.07 Å². The van der Waals surface area contributed by atoms with E-state index in [2.05, 4.69) is 34.7 Å². The number of alkyl halides is 1. The molecule has 1 aromatic rings. The van der Waals surface area contributed by atoms with Crippen LogP contribution in [0.3, 0.4) is 0 Å². The highest BCUT2D eigenvalue weighted by molar-refractivity contribution is 9.09. The molecule has 0 radical (unpaired) electrons.